The molecule has 0 aromatic heterocycles. The molecule has 0 amide bonds. The van der Waals surface area contributed by atoms with E-state index in [-0.39, 0.29) is 0 Å². The van der Waals surface area contributed by atoms with Crippen molar-refractivity contribution in [1.82, 2.24) is 0 Å². The Bertz CT molecular complexity index is 440. The van der Waals surface area contributed by atoms with E-state index in [0.29, 0.717) is 6.42 Å². The molecule has 18 heavy (non-hydrogen) atoms. The summed E-state index contributed by atoms with van der Waals surface area (Å²) in [6.45, 7) is 0. The monoisotopic (exact) mass is 346 g/mol. The summed E-state index contributed by atoms with van der Waals surface area (Å²) >= 11 is 29.7. The van der Waals surface area contributed by atoms with E-state index in [9.17, 15) is 5.11 Å². The minimum atomic E-state index is -1.85. The van der Waals surface area contributed by atoms with Crippen LogP contribution in [0, 0.1) is 5.92 Å². The Morgan fingerprint density at radius 1 is 1.06 bits per heavy atom. The molecule has 0 aliphatic heterocycles. The SMILES string of the molecule is OC1c2ccccc2CCC1C(Cl)(Cl)C(Cl)(Cl)Cl. The Labute approximate surface area is 131 Å². The maximum absolute atomic E-state index is 10.4. The Balaban J connectivity index is 2.35. The predicted octanol–water partition coefficient (Wildman–Crippen LogP) is 4.83. The molecule has 1 aliphatic carbocycles. The van der Waals surface area contributed by atoms with E-state index in [1.54, 1.807) is 0 Å². The van der Waals surface area contributed by atoms with Gasteiger partial charge in [0.25, 0.3) is 0 Å². The second-order valence-electron chi connectivity index (χ2n) is 4.41. The fourth-order valence-electron chi connectivity index (χ4n) is 2.33. The quantitative estimate of drug-likeness (QED) is 0.721. The van der Waals surface area contributed by atoms with Gasteiger partial charge in [0, 0.05) is 5.92 Å². The van der Waals surface area contributed by atoms with Crippen LogP contribution in [-0.4, -0.2) is 13.2 Å². The first kappa shape index (κ1) is 15.0. The van der Waals surface area contributed by atoms with Gasteiger partial charge >= 0.3 is 0 Å². The second kappa shape index (κ2) is 5.20. The van der Waals surface area contributed by atoms with Crippen LogP contribution in [0.5, 0.6) is 0 Å². The molecule has 0 saturated carbocycles. The topological polar surface area (TPSA) is 20.2 Å². The number of aliphatic hydroxyl groups is 1. The van der Waals surface area contributed by atoms with Crippen molar-refractivity contribution < 1.29 is 5.11 Å². The van der Waals surface area contributed by atoms with Crippen LogP contribution in [0.3, 0.4) is 0 Å². The molecule has 0 fully saturated rings. The lowest BCUT2D eigenvalue weighted by Gasteiger charge is -2.40. The first-order chi connectivity index (χ1) is 8.25. The van der Waals surface area contributed by atoms with E-state index in [0.717, 1.165) is 17.5 Å². The van der Waals surface area contributed by atoms with Gasteiger partial charge in [-0.3, -0.25) is 0 Å². The van der Waals surface area contributed by atoms with Crippen LogP contribution in [0.2, 0.25) is 0 Å². The van der Waals surface area contributed by atoms with Crippen molar-refractivity contribution in [3.63, 3.8) is 0 Å². The lowest BCUT2D eigenvalue weighted by Crippen LogP contribution is -2.43. The minimum absolute atomic E-state index is 0.525. The smallest absolute Gasteiger partial charge is 0.223 e. The fraction of sp³-hybridized carbons (Fsp3) is 0.500. The summed E-state index contributed by atoms with van der Waals surface area (Å²) in [4.78, 5) is 0. The van der Waals surface area contributed by atoms with E-state index >= 15 is 0 Å². The van der Waals surface area contributed by atoms with Gasteiger partial charge in [-0.05, 0) is 24.0 Å². The zero-order valence-electron chi connectivity index (χ0n) is 9.22. The molecule has 2 rings (SSSR count). The average Bonchev–Trinajstić information content (AvgIpc) is 2.28. The number of hydrogen-bond donors (Lipinski definition) is 1. The van der Waals surface area contributed by atoms with Crippen molar-refractivity contribution in [2.24, 2.45) is 5.92 Å². The highest BCUT2D eigenvalue weighted by atomic mass is 35.6. The molecule has 2 atom stereocenters. The number of alkyl halides is 5. The van der Waals surface area contributed by atoms with E-state index in [1.165, 1.54) is 0 Å². The van der Waals surface area contributed by atoms with E-state index in [2.05, 4.69) is 0 Å². The Morgan fingerprint density at radius 2 is 1.67 bits per heavy atom. The van der Waals surface area contributed by atoms with Crippen LogP contribution in [0.4, 0.5) is 0 Å². The van der Waals surface area contributed by atoms with Crippen molar-refractivity contribution in [3.8, 4) is 0 Å². The molecule has 1 aliphatic rings. The summed E-state index contributed by atoms with van der Waals surface area (Å²) < 4.78 is -3.49. The van der Waals surface area contributed by atoms with Crippen molar-refractivity contribution in [2.75, 3.05) is 0 Å². The number of rotatable bonds is 1. The molecule has 0 bridgehead atoms. The molecule has 0 heterocycles. The van der Waals surface area contributed by atoms with E-state index in [1.807, 2.05) is 24.3 Å². The zero-order chi connectivity index (χ0) is 13.6. The Hall–Kier alpha value is 0.630. The number of hydrogen-bond acceptors (Lipinski definition) is 1. The van der Waals surface area contributed by atoms with Crippen LogP contribution >= 0.6 is 58.0 Å². The van der Waals surface area contributed by atoms with Gasteiger partial charge in [0.2, 0.25) is 3.79 Å². The summed E-state index contributed by atoms with van der Waals surface area (Å²) in [6, 6.07) is 7.59. The second-order valence-corrected chi connectivity index (χ2v) is 8.08. The molecule has 0 radical (unpaired) electrons. The molecular weight excluding hydrogens is 337 g/mol. The Kier molecular flexibility index (Phi) is 4.34. The van der Waals surface area contributed by atoms with Crippen molar-refractivity contribution in [1.29, 1.82) is 0 Å². The number of halogens is 5. The molecule has 0 spiro atoms. The van der Waals surface area contributed by atoms with Gasteiger partial charge in [-0.25, -0.2) is 0 Å². The first-order valence-electron chi connectivity index (χ1n) is 5.45. The average molecular weight is 348 g/mol. The highest BCUT2D eigenvalue weighted by Crippen LogP contribution is 2.56. The third kappa shape index (κ3) is 2.59. The lowest BCUT2D eigenvalue weighted by molar-refractivity contribution is 0.0843. The summed E-state index contributed by atoms with van der Waals surface area (Å²) in [7, 11) is 0. The van der Waals surface area contributed by atoms with Crippen LogP contribution < -0.4 is 0 Å². The summed E-state index contributed by atoms with van der Waals surface area (Å²) in [5.41, 5.74) is 1.88. The van der Waals surface area contributed by atoms with Gasteiger partial charge in [-0.1, -0.05) is 82.3 Å². The van der Waals surface area contributed by atoms with Crippen LogP contribution in [0.1, 0.15) is 23.7 Å². The maximum atomic E-state index is 10.4. The summed E-state index contributed by atoms with van der Waals surface area (Å²) in [5.74, 6) is -0.525. The van der Waals surface area contributed by atoms with E-state index in [4.69, 9.17) is 58.0 Å². The van der Waals surface area contributed by atoms with Gasteiger partial charge < -0.3 is 5.11 Å². The molecule has 6 heteroatoms. The van der Waals surface area contributed by atoms with Crippen LogP contribution in [0.25, 0.3) is 0 Å². The fourth-order valence-corrected chi connectivity index (χ4v) is 3.20. The van der Waals surface area contributed by atoms with Crippen molar-refractivity contribution in [2.45, 2.75) is 27.1 Å². The number of benzene rings is 1. The normalized spacial score (nSPS) is 24.8. The molecule has 1 nitrogen and oxygen atoms in total. The predicted molar refractivity (Wildman–Crippen MR) is 77.9 cm³/mol. The molecule has 100 valence electrons. The third-order valence-electron chi connectivity index (χ3n) is 3.32. The molecule has 1 aromatic rings. The Morgan fingerprint density at radius 3 is 2.28 bits per heavy atom. The molecular formula is C12H11Cl5O. The number of aliphatic hydroxyl groups excluding tert-OH is 1. The maximum Gasteiger partial charge on any atom is 0.223 e. The van der Waals surface area contributed by atoms with Gasteiger partial charge in [0.15, 0.2) is 4.33 Å². The van der Waals surface area contributed by atoms with Crippen LogP contribution in [-0.2, 0) is 6.42 Å². The third-order valence-corrected chi connectivity index (χ3v) is 5.93. The summed E-state index contributed by atoms with van der Waals surface area (Å²) in [5, 5.41) is 10.4. The number of fused-ring (bicyclic) bond motifs is 1. The lowest BCUT2D eigenvalue weighted by atomic mass is 9.79. The van der Waals surface area contributed by atoms with Gasteiger partial charge in [-0.15, -0.1) is 0 Å². The van der Waals surface area contributed by atoms with Crippen molar-refractivity contribution in [3.05, 3.63) is 35.4 Å². The number of aryl methyl sites for hydroxylation is 1. The molecule has 2 unspecified atom stereocenters. The molecule has 1 aromatic carbocycles. The first-order valence-corrected chi connectivity index (χ1v) is 7.34. The van der Waals surface area contributed by atoms with Gasteiger partial charge in [0.1, 0.15) is 0 Å². The van der Waals surface area contributed by atoms with Gasteiger partial charge in [-0.2, -0.15) is 0 Å². The standard InChI is InChI=1S/C12H11Cl5O/c13-11(14,12(15,16)17)9-6-5-7-3-1-2-4-8(7)10(9)18/h1-4,9-10,18H,5-6H2. The largest absolute Gasteiger partial charge is 0.388 e. The molecule has 0 saturated heterocycles. The molecule has 1 N–H and O–H groups in total. The zero-order valence-corrected chi connectivity index (χ0v) is 13.0. The minimum Gasteiger partial charge on any atom is -0.388 e. The summed E-state index contributed by atoms with van der Waals surface area (Å²) in [6.07, 6.45) is 0.486. The van der Waals surface area contributed by atoms with Crippen molar-refractivity contribution >= 4 is 58.0 Å². The highest BCUT2D eigenvalue weighted by molar-refractivity contribution is 6.75. The van der Waals surface area contributed by atoms with Crippen LogP contribution in [0.15, 0.2) is 24.3 Å². The highest BCUT2D eigenvalue weighted by Gasteiger charge is 2.54. The van der Waals surface area contributed by atoms with Gasteiger partial charge in [0.05, 0.1) is 6.10 Å². The van der Waals surface area contributed by atoms with E-state index < -0.39 is 20.1 Å².